The molecule has 0 amide bonds. The highest BCUT2D eigenvalue weighted by Gasteiger charge is 2.36. The van der Waals surface area contributed by atoms with Crippen LogP contribution in [0, 0.1) is 5.41 Å². The Morgan fingerprint density at radius 2 is 2.06 bits per heavy atom. The summed E-state index contributed by atoms with van der Waals surface area (Å²) in [5, 5.41) is 12.4. The molecule has 3 aromatic rings. The molecular weight excluding hydrogens is 482 g/mol. The van der Waals surface area contributed by atoms with Gasteiger partial charge in [0.1, 0.15) is 5.75 Å². The first-order valence-corrected chi connectivity index (χ1v) is 13.4. The molecule has 1 aliphatic rings. The van der Waals surface area contributed by atoms with E-state index in [2.05, 4.69) is 14.9 Å². The highest BCUT2D eigenvalue weighted by Crippen LogP contribution is 2.40. The summed E-state index contributed by atoms with van der Waals surface area (Å²) < 4.78 is 5.39. The lowest BCUT2D eigenvalue weighted by molar-refractivity contribution is -0.140. The molecule has 4 rings (SSSR count). The number of hydrogen-bond acceptors (Lipinski definition) is 6. The summed E-state index contributed by atoms with van der Waals surface area (Å²) in [6.45, 7) is 2.86. The number of ether oxygens (including phenoxy) is 1. The lowest BCUT2D eigenvalue weighted by atomic mass is 9.72. The molecule has 1 aromatic carbocycles. The van der Waals surface area contributed by atoms with Crippen molar-refractivity contribution >= 4 is 40.2 Å². The number of rotatable bonds is 11. The number of carboxylic acids is 1. The molecular formula is C27H32ClN3O3S. The molecule has 35 heavy (non-hydrogen) atoms. The van der Waals surface area contributed by atoms with Crippen LogP contribution >= 0.6 is 23.4 Å². The Labute approximate surface area is 216 Å². The van der Waals surface area contributed by atoms with Gasteiger partial charge in [-0.2, -0.15) is 0 Å². The normalized spacial score (nSPS) is 15.8. The van der Waals surface area contributed by atoms with Crippen LogP contribution in [-0.2, 0) is 11.2 Å². The molecule has 0 atom stereocenters. The van der Waals surface area contributed by atoms with Crippen molar-refractivity contribution in [3.05, 3.63) is 59.4 Å². The number of halogens is 1. The number of likely N-dealkylation sites (tertiary alicyclic amines) is 1. The van der Waals surface area contributed by atoms with Gasteiger partial charge in [0.25, 0.3) is 0 Å². The van der Waals surface area contributed by atoms with Crippen LogP contribution in [0.1, 0.15) is 37.7 Å². The van der Waals surface area contributed by atoms with Crippen molar-refractivity contribution in [3.8, 4) is 5.75 Å². The second kappa shape index (κ2) is 12.1. The number of aliphatic carboxylic acids is 1. The summed E-state index contributed by atoms with van der Waals surface area (Å²) in [7, 11) is 1.65. The first kappa shape index (κ1) is 25.7. The number of carbonyl (C=O) groups is 1. The van der Waals surface area contributed by atoms with Crippen LogP contribution in [0.25, 0.3) is 10.9 Å². The van der Waals surface area contributed by atoms with E-state index in [9.17, 15) is 9.90 Å². The van der Waals surface area contributed by atoms with Crippen LogP contribution in [0.15, 0.2) is 53.8 Å². The standard InChI is InChI=1S/C27H32ClN3O3S/c1-34-20-7-8-24-22(17-20)21(23(28)19-30-24)5-4-9-27(18-26(32)33)10-13-31(14-11-27)15-16-35-25-6-2-3-12-29-25/h2-3,6-8,12,17,19H,4-5,9-11,13-16,18H2,1H3,(H,32,33). The molecule has 0 unspecified atom stereocenters. The van der Waals surface area contributed by atoms with Crippen molar-refractivity contribution in [1.29, 1.82) is 0 Å². The maximum absolute atomic E-state index is 11.7. The molecule has 1 saturated heterocycles. The Bertz CT molecular complexity index is 1140. The Hall–Kier alpha value is -2.35. The molecule has 3 heterocycles. The summed E-state index contributed by atoms with van der Waals surface area (Å²) in [5.74, 6) is 1.06. The summed E-state index contributed by atoms with van der Waals surface area (Å²) in [6, 6.07) is 11.8. The van der Waals surface area contributed by atoms with Gasteiger partial charge in [0.05, 0.1) is 29.1 Å². The average Bonchev–Trinajstić information content (AvgIpc) is 2.86. The number of methoxy groups -OCH3 is 1. The molecule has 6 nitrogen and oxygen atoms in total. The fourth-order valence-corrected chi connectivity index (χ4v) is 6.14. The lowest BCUT2D eigenvalue weighted by Gasteiger charge is -2.41. The number of carboxylic acid groups (broad SMARTS) is 1. The zero-order valence-corrected chi connectivity index (χ0v) is 21.7. The molecule has 1 aliphatic heterocycles. The third-order valence-corrected chi connectivity index (χ3v) is 8.26. The molecule has 2 aromatic heterocycles. The van der Waals surface area contributed by atoms with E-state index in [1.165, 1.54) is 0 Å². The fraction of sp³-hybridized carbons (Fsp3) is 0.444. The molecule has 0 aliphatic carbocycles. The summed E-state index contributed by atoms with van der Waals surface area (Å²) in [6.07, 6.45) is 8.12. The van der Waals surface area contributed by atoms with Crippen LogP contribution in [0.2, 0.25) is 5.02 Å². The number of pyridine rings is 2. The molecule has 186 valence electrons. The van der Waals surface area contributed by atoms with E-state index in [0.29, 0.717) is 5.02 Å². The van der Waals surface area contributed by atoms with Gasteiger partial charge in [-0.25, -0.2) is 4.98 Å². The van der Waals surface area contributed by atoms with Gasteiger partial charge in [-0.3, -0.25) is 9.78 Å². The topological polar surface area (TPSA) is 75.6 Å². The number of hydrogen-bond donors (Lipinski definition) is 1. The second-order valence-corrected chi connectivity index (χ2v) is 10.8. The Morgan fingerprint density at radius 3 is 2.77 bits per heavy atom. The number of aromatic nitrogens is 2. The number of benzene rings is 1. The van der Waals surface area contributed by atoms with Gasteiger partial charge >= 0.3 is 5.97 Å². The monoisotopic (exact) mass is 513 g/mol. The van der Waals surface area contributed by atoms with Gasteiger partial charge in [0, 0.05) is 30.1 Å². The largest absolute Gasteiger partial charge is 0.497 e. The van der Waals surface area contributed by atoms with Gasteiger partial charge in [0.15, 0.2) is 0 Å². The van der Waals surface area contributed by atoms with Crippen LogP contribution < -0.4 is 4.74 Å². The zero-order chi connectivity index (χ0) is 24.7. The van der Waals surface area contributed by atoms with Gasteiger partial charge in [0.2, 0.25) is 0 Å². The van der Waals surface area contributed by atoms with Gasteiger partial charge < -0.3 is 14.7 Å². The van der Waals surface area contributed by atoms with Crippen LogP contribution in [0.4, 0.5) is 0 Å². The van der Waals surface area contributed by atoms with Crippen molar-refractivity contribution in [2.75, 3.05) is 32.5 Å². The number of aryl methyl sites for hydroxylation is 1. The molecule has 0 saturated carbocycles. The summed E-state index contributed by atoms with van der Waals surface area (Å²) in [5.41, 5.74) is 1.79. The Kier molecular flexibility index (Phi) is 8.87. The summed E-state index contributed by atoms with van der Waals surface area (Å²) >= 11 is 8.31. The number of thioether (sulfide) groups is 1. The highest BCUT2D eigenvalue weighted by atomic mass is 35.5. The van der Waals surface area contributed by atoms with Gasteiger partial charge in [-0.1, -0.05) is 17.7 Å². The number of fused-ring (bicyclic) bond motifs is 1. The van der Waals surface area contributed by atoms with E-state index < -0.39 is 5.97 Å². The third-order valence-electron chi connectivity index (χ3n) is 7.01. The number of nitrogens with zero attached hydrogens (tertiary/aromatic N) is 3. The molecule has 0 spiro atoms. The second-order valence-electron chi connectivity index (χ2n) is 9.25. The average molecular weight is 514 g/mol. The van der Waals surface area contributed by atoms with Gasteiger partial charge in [-0.05, 0) is 86.5 Å². The van der Waals surface area contributed by atoms with Crippen LogP contribution in [0.3, 0.4) is 0 Å². The van der Waals surface area contributed by atoms with Crippen molar-refractivity contribution in [2.45, 2.75) is 43.6 Å². The van der Waals surface area contributed by atoms with Crippen LogP contribution in [0.5, 0.6) is 5.75 Å². The van der Waals surface area contributed by atoms with Crippen molar-refractivity contribution < 1.29 is 14.6 Å². The molecule has 8 heteroatoms. The van der Waals surface area contributed by atoms with E-state index in [4.69, 9.17) is 16.3 Å². The fourth-order valence-electron chi connectivity index (χ4n) is 5.02. The Morgan fingerprint density at radius 1 is 1.23 bits per heavy atom. The minimum absolute atomic E-state index is 0.163. The van der Waals surface area contributed by atoms with Crippen LogP contribution in [-0.4, -0.2) is 58.4 Å². The minimum Gasteiger partial charge on any atom is -0.497 e. The predicted octanol–water partition coefficient (Wildman–Crippen LogP) is 5.96. The quantitative estimate of drug-likeness (QED) is 0.317. The number of piperidine rings is 1. The molecule has 0 bridgehead atoms. The van der Waals surface area contributed by atoms with Crippen molar-refractivity contribution in [1.82, 2.24) is 14.9 Å². The minimum atomic E-state index is -0.707. The van der Waals surface area contributed by atoms with Gasteiger partial charge in [-0.15, -0.1) is 11.8 Å². The van der Waals surface area contributed by atoms with E-state index in [1.54, 1.807) is 25.1 Å². The Balaban J connectivity index is 1.35. The van der Waals surface area contributed by atoms with E-state index in [1.807, 2.05) is 42.6 Å². The highest BCUT2D eigenvalue weighted by molar-refractivity contribution is 7.99. The predicted molar refractivity (Wildman–Crippen MR) is 142 cm³/mol. The summed E-state index contributed by atoms with van der Waals surface area (Å²) in [4.78, 5) is 23.0. The van der Waals surface area contributed by atoms with Crippen molar-refractivity contribution in [2.24, 2.45) is 5.41 Å². The first-order chi connectivity index (χ1) is 17.0. The lowest BCUT2D eigenvalue weighted by Crippen LogP contribution is -2.42. The molecule has 1 N–H and O–H groups in total. The molecule has 1 fully saturated rings. The van der Waals surface area contributed by atoms with Crippen molar-refractivity contribution in [3.63, 3.8) is 0 Å². The first-order valence-electron chi connectivity index (χ1n) is 12.1. The van der Waals surface area contributed by atoms with E-state index in [-0.39, 0.29) is 11.8 Å². The third kappa shape index (κ3) is 6.87. The SMILES string of the molecule is COc1ccc2ncc(Cl)c(CCCC3(CC(=O)O)CCN(CCSc4ccccn4)CC3)c2c1. The maximum Gasteiger partial charge on any atom is 0.303 e. The van der Waals surface area contributed by atoms with E-state index in [0.717, 1.165) is 84.7 Å². The zero-order valence-electron chi connectivity index (χ0n) is 20.1. The maximum atomic E-state index is 11.7. The molecule has 0 radical (unpaired) electrons. The smallest absolute Gasteiger partial charge is 0.303 e. The van der Waals surface area contributed by atoms with E-state index >= 15 is 0 Å².